The topological polar surface area (TPSA) is 109 Å². The number of hydrogen-bond donors (Lipinski definition) is 2. The molecule has 2 atom stereocenters. The molecular weight excluding hydrogens is 358 g/mol. The van der Waals surface area contributed by atoms with Crippen molar-refractivity contribution in [3.05, 3.63) is 22.5 Å². The van der Waals surface area contributed by atoms with E-state index in [4.69, 9.17) is 4.74 Å². The van der Waals surface area contributed by atoms with Crippen LogP contribution < -0.4 is 5.32 Å². The summed E-state index contributed by atoms with van der Waals surface area (Å²) in [4.78, 5) is 27.9. The molecule has 9 heteroatoms. The molecular formula is C17H25N3O5S. The number of ketones is 1. The molecule has 0 unspecified atom stereocenters. The number of nitrogens with zero attached hydrogens (tertiary/aromatic N) is 1. The van der Waals surface area contributed by atoms with E-state index < -0.39 is 10.0 Å². The van der Waals surface area contributed by atoms with E-state index in [2.05, 4.69) is 10.3 Å². The van der Waals surface area contributed by atoms with Crippen LogP contribution in [0.15, 0.2) is 0 Å². The lowest BCUT2D eigenvalue weighted by Crippen LogP contribution is -2.43. The van der Waals surface area contributed by atoms with Gasteiger partial charge in [0.15, 0.2) is 5.78 Å². The smallest absolute Gasteiger partial charge is 0.268 e. The quantitative estimate of drug-likeness (QED) is 0.769. The molecule has 1 fully saturated rings. The number of H-pyrrole nitrogens is 1. The van der Waals surface area contributed by atoms with Crippen LogP contribution in [0.1, 0.15) is 44.9 Å². The Morgan fingerprint density at radius 3 is 2.69 bits per heavy atom. The third kappa shape index (κ3) is 3.56. The van der Waals surface area contributed by atoms with Gasteiger partial charge in [-0.15, -0.1) is 0 Å². The number of fused-ring (bicyclic) bond motifs is 1. The number of aryl methyl sites for hydroxylation is 1. The number of amides is 1. The van der Waals surface area contributed by atoms with E-state index in [1.165, 1.54) is 18.4 Å². The van der Waals surface area contributed by atoms with E-state index in [0.717, 1.165) is 18.5 Å². The molecule has 1 amide bonds. The lowest BCUT2D eigenvalue weighted by Gasteiger charge is -2.21. The highest BCUT2D eigenvalue weighted by Gasteiger charge is 2.35. The van der Waals surface area contributed by atoms with Gasteiger partial charge in [0, 0.05) is 37.7 Å². The summed E-state index contributed by atoms with van der Waals surface area (Å²) in [6.07, 6.45) is 2.05. The number of Topliss-reactive ketones (excluding diaryl/α,β-unsaturated/α-hetero) is 1. The van der Waals surface area contributed by atoms with Gasteiger partial charge in [0.1, 0.15) is 5.69 Å². The van der Waals surface area contributed by atoms with E-state index in [0.29, 0.717) is 23.2 Å². The molecule has 2 N–H and O–H groups in total. The maximum atomic E-state index is 12.7. The van der Waals surface area contributed by atoms with E-state index >= 15 is 0 Å². The summed E-state index contributed by atoms with van der Waals surface area (Å²) in [6.45, 7) is 2.33. The fourth-order valence-corrected chi connectivity index (χ4v) is 4.75. The Bertz CT molecular complexity index is 828. The predicted octanol–water partition coefficient (Wildman–Crippen LogP) is 0.478. The second-order valence-electron chi connectivity index (χ2n) is 7.19. The van der Waals surface area contributed by atoms with Gasteiger partial charge in [-0.3, -0.25) is 9.59 Å². The van der Waals surface area contributed by atoms with Crippen LogP contribution in [-0.2, 0) is 21.2 Å². The highest BCUT2D eigenvalue weighted by atomic mass is 32.2. The zero-order chi connectivity index (χ0) is 19.1. The second-order valence-corrected chi connectivity index (χ2v) is 9.42. The first-order valence-corrected chi connectivity index (χ1v) is 10.3. The first kappa shape index (κ1) is 19.1. The van der Waals surface area contributed by atoms with Crippen LogP contribution in [0.3, 0.4) is 0 Å². The van der Waals surface area contributed by atoms with Crippen LogP contribution in [0.25, 0.3) is 0 Å². The van der Waals surface area contributed by atoms with Crippen molar-refractivity contribution in [1.29, 1.82) is 0 Å². The van der Waals surface area contributed by atoms with Gasteiger partial charge in [0.2, 0.25) is 10.0 Å². The molecule has 3 rings (SSSR count). The highest BCUT2D eigenvalue weighted by Crippen LogP contribution is 2.27. The molecule has 1 aromatic heterocycles. The molecule has 0 bridgehead atoms. The summed E-state index contributed by atoms with van der Waals surface area (Å²) < 4.78 is 30.8. The monoisotopic (exact) mass is 383 g/mol. The number of aromatic nitrogens is 1. The van der Waals surface area contributed by atoms with Gasteiger partial charge < -0.3 is 15.0 Å². The molecule has 8 nitrogen and oxygen atoms in total. The molecule has 26 heavy (non-hydrogen) atoms. The van der Waals surface area contributed by atoms with Crippen molar-refractivity contribution in [3.8, 4) is 0 Å². The lowest BCUT2D eigenvalue weighted by molar-refractivity contribution is 0.0920. The van der Waals surface area contributed by atoms with Crippen LogP contribution in [0.5, 0.6) is 0 Å². The number of sulfonamides is 1. The molecule has 0 spiro atoms. The van der Waals surface area contributed by atoms with E-state index in [9.17, 15) is 18.0 Å². The largest absolute Gasteiger partial charge is 0.379 e. The molecule has 1 aliphatic heterocycles. The number of rotatable bonds is 5. The van der Waals surface area contributed by atoms with Crippen LogP contribution in [0.2, 0.25) is 0 Å². The van der Waals surface area contributed by atoms with Crippen molar-refractivity contribution in [2.45, 2.75) is 32.2 Å². The number of carbonyl (C=O) groups is 2. The standard InChI is InChI=1S/C17H25N3O5S/c1-10-15-12(5-4-6-14(15)21)18-16(10)17(22)19-13-8-25-7-11(13)9-26(23,24)20(2)3/h11,13,18H,4-9H2,1-3H3,(H,19,22)/t11-,13-/m0/s1. The number of aromatic amines is 1. The van der Waals surface area contributed by atoms with Gasteiger partial charge in [-0.1, -0.05) is 0 Å². The Kier molecular flexibility index (Phi) is 5.23. The molecule has 0 aromatic carbocycles. The van der Waals surface area contributed by atoms with E-state index in [1.807, 2.05) is 0 Å². The van der Waals surface area contributed by atoms with Crippen LogP contribution >= 0.6 is 0 Å². The Morgan fingerprint density at radius 2 is 2.04 bits per heavy atom. The fourth-order valence-electron chi connectivity index (χ4n) is 3.58. The average Bonchev–Trinajstić information content (AvgIpc) is 3.12. The first-order chi connectivity index (χ1) is 12.2. The maximum Gasteiger partial charge on any atom is 0.268 e. The van der Waals surface area contributed by atoms with Crippen molar-refractivity contribution in [2.75, 3.05) is 33.1 Å². The zero-order valence-corrected chi connectivity index (χ0v) is 16.1. The minimum atomic E-state index is -3.38. The van der Waals surface area contributed by atoms with Crippen molar-refractivity contribution < 1.29 is 22.7 Å². The molecule has 2 heterocycles. The van der Waals surface area contributed by atoms with Gasteiger partial charge >= 0.3 is 0 Å². The van der Waals surface area contributed by atoms with Crippen molar-refractivity contribution in [1.82, 2.24) is 14.6 Å². The number of ether oxygens (including phenoxy) is 1. The molecule has 2 aliphatic rings. The van der Waals surface area contributed by atoms with Crippen LogP contribution in [0.4, 0.5) is 0 Å². The van der Waals surface area contributed by atoms with Gasteiger partial charge in [-0.05, 0) is 25.3 Å². The summed E-state index contributed by atoms with van der Waals surface area (Å²) in [5.41, 5.74) is 2.50. The highest BCUT2D eigenvalue weighted by molar-refractivity contribution is 7.89. The minimum Gasteiger partial charge on any atom is -0.379 e. The first-order valence-electron chi connectivity index (χ1n) is 8.74. The van der Waals surface area contributed by atoms with Crippen LogP contribution in [0, 0.1) is 12.8 Å². The van der Waals surface area contributed by atoms with Gasteiger partial charge in [-0.25, -0.2) is 12.7 Å². The van der Waals surface area contributed by atoms with E-state index in [1.54, 1.807) is 6.92 Å². The number of hydrogen-bond acceptors (Lipinski definition) is 5. The molecule has 144 valence electrons. The molecule has 1 saturated heterocycles. The Balaban J connectivity index is 1.75. The molecule has 1 aliphatic carbocycles. The summed E-state index contributed by atoms with van der Waals surface area (Å²) >= 11 is 0. The van der Waals surface area contributed by atoms with Crippen LogP contribution in [-0.4, -0.2) is 68.5 Å². The van der Waals surface area contributed by atoms with Gasteiger partial charge in [-0.2, -0.15) is 0 Å². The number of carbonyl (C=O) groups excluding carboxylic acids is 2. The second kappa shape index (κ2) is 7.13. The molecule has 0 saturated carbocycles. The summed E-state index contributed by atoms with van der Waals surface area (Å²) in [5.74, 6) is -0.646. The third-order valence-electron chi connectivity index (χ3n) is 5.16. The summed E-state index contributed by atoms with van der Waals surface area (Å²) in [6, 6.07) is -0.382. The normalized spacial score (nSPS) is 23.3. The summed E-state index contributed by atoms with van der Waals surface area (Å²) in [7, 11) is -0.406. The third-order valence-corrected chi connectivity index (χ3v) is 7.12. The lowest BCUT2D eigenvalue weighted by atomic mass is 9.93. The van der Waals surface area contributed by atoms with Crippen molar-refractivity contribution >= 4 is 21.7 Å². The SMILES string of the molecule is Cc1c(C(=O)N[C@H]2COC[C@H]2CS(=O)(=O)N(C)C)[nH]c2c1C(=O)CCC2. The van der Waals surface area contributed by atoms with Gasteiger partial charge in [0.05, 0.1) is 25.0 Å². The van der Waals surface area contributed by atoms with Crippen molar-refractivity contribution in [2.24, 2.45) is 5.92 Å². The van der Waals surface area contributed by atoms with Crippen molar-refractivity contribution in [3.63, 3.8) is 0 Å². The average molecular weight is 383 g/mol. The van der Waals surface area contributed by atoms with E-state index in [-0.39, 0.29) is 42.6 Å². The summed E-state index contributed by atoms with van der Waals surface area (Å²) in [5, 5.41) is 2.88. The zero-order valence-electron chi connectivity index (χ0n) is 15.3. The Hall–Kier alpha value is -1.71. The number of nitrogens with one attached hydrogen (secondary N) is 2. The predicted molar refractivity (Wildman–Crippen MR) is 95.8 cm³/mol. The molecule has 0 radical (unpaired) electrons. The maximum absolute atomic E-state index is 12.7. The van der Waals surface area contributed by atoms with Gasteiger partial charge in [0.25, 0.3) is 5.91 Å². The minimum absolute atomic E-state index is 0.0678. The molecule has 1 aromatic rings. The fraction of sp³-hybridized carbons (Fsp3) is 0.647. The Morgan fingerprint density at radius 1 is 1.31 bits per heavy atom. The Labute approximate surface area is 153 Å².